The molecule has 0 saturated carbocycles. The van der Waals surface area contributed by atoms with E-state index in [0.29, 0.717) is 5.75 Å². The maximum Gasteiger partial charge on any atom is 0.167 e. The lowest BCUT2D eigenvalue weighted by Gasteiger charge is -2.33. The molecule has 0 radical (unpaired) electrons. The van der Waals surface area contributed by atoms with Crippen LogP contribution in [0.1, 0.15) is 5.69 Å². The maximum absolute atomic E-state index is 10.0. The Morgan fingerprint density at radius 1 is 1.00 bits per heavy atom. The highest BCUT2D eigenvalue weighted by Crippen LogP contribution is 2.26. The number of nitrogens with one attached hydrogen (secondary N) is 1. The summed E-state index contributed by atoms with van der Waals surface area (Å²) >= 11 is 0. The monoisotopic (exact) mass is 336 g/mol. The molecule has 3 aromatic rings. The molecule has 2 aromatic carbocycles. The summed E-state index contributed by atoms with van der Waals surface area (Å²) in [4.78, 5) is 3.73. The zero-order valence-corrected chi connectivity index (χ0v) is 14.1. The van der Waals surface area contributed by atoms with Crippen LogP contribution in [-0.4, -0.2) is 36.4 Å². The second kappa shape index (κ2) is 6.99. The fraction of sp³-hybridized carbons (Fsp3) is 0.250. The van der Waals surface area contributed by atoms with Crippen molar-refractivity contribution in [2.24, 2.45) is 0 Å². The van der Waals surface area contributed by atoms with Crippen LogP contribution in [-0.2, 0) is 6.54 Å². The number of phenolic OH excluding ortho intramolecular Hbond substituents is 1. The molecule has 5 heteroatoms. The molecule has 0 aliphatic carbocycles. The van der Waals surface area contributed by atoms with E-state index in [9.17, 15) is 5.11 Å². The predicted molar refractivity (Wildman–Crippen MR) is 96.7 cm³/mol. The highest BCUT2D eigenvalue weighted by Gasteiger charge is 2.23. The molecule has 0 unspecified atom stereocenters. The van der Waals surface area contributed by atoms with Gasteiger partial charge in [0.1, 0.15) is 18.0 Å². The summed E-state index contributed by atoms with van der Waals surface area (Å²) in [6, 6.07) is 19.6. The summed E-state index contributed by atoms with van der Waals surface area (Å²) in [6.45, 7) is 4.75. The Morgan fingerprint density at radius 2 is 1.72 bits per heavy atom. The summed E-state index contributed by atoms with van der Waals surface area (Å²) in [5.41, 5.74) is 2.97. The standard InChI is InChI=1S/C20H21N3O2/c24-19-9-5-4-8-18(19)23-12-10-22(11-13-23)15-17-14-20(25-21-17)16-6-2-1-3-7-16/h1-9,14,24H,10-13,15H2/p+1. The molecular formula is C20H22N3O2+. The average Bonchev–Trinajstić information content (AvgIpc) is 3.12. The predicted octanol–water partition coefficient (Wildman–Crippen LogP) is 1.95. The summed E-state index contributed by atoms with van der Waals surface area (Å²) < 4.78 is 5.49. The number of piperazine rings is 1. The van der Waals surface area contributed by atoms with E-state index < -0.39 is 0 Å². The number of para-hydroxylation sites is 2. The Kier molecular flexibility index (Phi) is 4.39. The lowest BCUT2D eigenvalue weighted by atomic mass is 10.1. The largest absolute Gasteiger partial charge is 0.506 e. The molecule has 5 nitrogen and oxygen atoms in total. The summed E-state index contributed by atoms with van der Waals surface area (Å²) in [6.07, 6.45) is 0. The number of benzene rings is 2. The van der Waals surface area contributed by atoms with E-state index in [1.807, 2.05) is 54.6 Å². The first-order valence-corrected chi connectivity index (χ1v) is 8.67. The average molecular weight is 336 g/mol. The van der Waals surface area contributed by atoms with Gasteiger partial charge in [0.05, 0.1) is 31.9 Å². The number of quaternary nitrogens is 1. The maximum atomic E-state index is 10.0. The van der Waals surface area contributed by atoms with Crippen LogP contribution < -0.4 is 9.80 Å². The van der Waals surface area contributed by atoms with Crippen molar-refractivity contribution in [3.63, 3.8) is 0 Å². The van der Waals surface area contributed by atoms with Crippen LogP contribution in [0.15, 0.2) is 65.2 Å². The summed E-state index contributed by atoms with van der Waals surface area (Å²) in [5.74, 6) is 1.18. The molecule has 2 N–H and O–H groups in total. The first-order chi connectivity index (χ1) is 12.3. The Bertz CT molecular complexity index is 824. The molecule has 0 amide bonds. The Hall–Kier alpha value is -2.79. The quantitative estimate of drug-likeness (QED) is 0.765. The van der Waals surface area contributed by atoms with Gasteiger partial charge in [0.15, 0.2) is 5.76 Å². The molecule has 128 valence electrons. The third kappa shape index (κ3) is 3.51. The number of rotatable bonds is 4. The number of aromatic nitrogens is 1. The van der Waals surface area contributed by atoms with Crippen molar-refractivity contribution in [3.05, 3.63) is 66.4 Å². The van der Waals surface area contributed by atoms with E-state index in [2.05, 4.69) is 10.1 Å². The second-order valence-electron chi connectivity index (χ2n) is 6.45. The normalized spacial score (nSPS) is 15.4. The number of anilines is 1. The van der Waals surface area contributed by atoms with E-state index in [1.54, 1.807) is 6.07 Å². The topological polar surface area (TPSA) is 53.9 Å². The van der Waals surface area contributed by atoms with Crippen LogP contribution in [0.4, 0.5) is 5.69 Å². The summed E-state index contributed by atoms with van der Waals surface area (Å²) in [5, 5.41) is 14.2. The van der Waals surface area contributed by atoms with Crippen molar-refractivity contribution in [2.45, 2.75) is 6.54 Å². The van der Waals surface area contributed by atoms with Crippen molar-refractivity contribution in [3.8, 4) is 17.1 Å². The Balaban J connectivity index is 1.36. The second-order valence-corrected chi connectivity index (χ2v) is 6.45. The van der Waals surface area contributed by atoms with E-state index in [0.717, 1.165) is 55.4 Å². The number of aromatic hydroxyl groups is 1. The molecule has 0 atom stereocenters. The zero-order chi connectivity index (χ0) is 17.1. The summed E-state index contributed by atoms with van der Waals surface area (Å²) in [7, 11) is 0. The van der Waals surface area contributed by atoms with Gasteiger partial charge < -0.3 is 19.4 Å². The molecule has 1 aromatic heterocycles. The van der Waals surface area contributed by atoms with Crippen LogP contribution in [0.3, 0.4) is 0 Å². The number of nitrogens with zero attached hydrogens (tertiary/aromatic N) is 2. The molecular weight excluding hydrogens is 314 g/mol. The minimum Gasteiger partial charge on any atom is -0.506 e. The minimum absolute atomic E-state index is 0.356. The van der Waals surface area contributed by atoms with E-state index in [4.69, 9.17) is 4.52 Å². The number of hydrogen-bond acceptors (Lipinski definition) is 4. The fourth-order valence-corrected chi connectivity index (χ4v) is 3.36. The third-order valence-electron chi connectivity index (χ3n) is 4.74. The number of hydrogen-bond donors (Lipinski definition) is 2. The Morgan fingerprint density at radius 3 is 2.48 bits per heavy atom. The van der Waals surface area contributed by atoms with Gasteiger partial charge in [-0.25, -0.2) is 0 Å². The highest BCUT2D eigenvalue weighted by molar-refractivity contribution is 5.58. The van der Waals surface area contributed by atoms with Crippen molar-refractivity contribution in [1.29, 1.82) is 0 Å². The van der Waals surface area contributed by atoms with Crippen LogP contribution in [0.25, 0.3) is 11.3 Å². The van der Waals surface area contributed by atoms with Gasteiger partial charge in [-0.15, -0.1) is 0 Å². The van der Waals surface area contributed by atoms with Gasteiger partial charge in [0.25, 0.3) is 0 Å². The van der Waals surface area contributed by atoms with Gasteiger partial charge in [-0.3, -0.25) is 0 Å². The molecule has 25 heavy (non-hydrogen) atoms. The van der Waals surface area contributed by atoms with Crippen LogP contribution in [0.5, 0.6) is 5.75 Å². The third-order valence-corrected chi connectivity index (χ3v) is 4.74. The molecule has 0 spiro atoms. The number of phenols is 1. The van der Waals surface area contributed by atoms with Crippen LogP contribution in [0, 0.1) is 0 Å². The van der Waals surface area contributed by atoms with Crippen molar-refractivity contribution in [2.75, 3.05) is 31.1 Å². The smallest absolute Gasteiger partial charge is 0.167 e. The SMILES string of the molecule is Oc1ccccc1N1CC[NH+](Cc2cc(-c3ccccc3)on2)CC1. The van der Waals surface area contributed by atoms with E-state index >= 15 is 0 Å². The minimum atomic E-state index is 0.356. The van der Waals surface area contributed by atoms with Gasteiger partial charge in [0, 0.05) is 11.6 Å². The first-order valence-electron chi connectivity index (χ1n) is 8.67. The first kappa shape index (κ1) is 15.7. The van der Waals surface area contributed by atoms with Gasteiger partial charge in [-0.2, -0.15) is 0 Å². The van der Waals surface area contributed by atoms with Gasteiger partial charge >= 0.3 is 0 Å². The van der Waals surface area contributed by atoms with Gasteiger partial charge in [0.2, 0.25) is 0 Å². The molecule has 4 rings (SSSR count). The lowest BCUT2D eigenvalue weighted by molar-refractivity contribution is -0.914. The molecule has 0 bridgehead atoms. The molecule has 1 aliphatic rings. The fourth-order valence-electron chi connectivity index (χ4n) is 3.36. The van der Waals surface area contributed by atoms with Gasteiger partial charge in [-0.05, 0) is 12.1 Å². The van der Waals surface area contributed by atoms with Crippen molar-refractivity contribution >= 4 is 5.69 Å². The Labute approximate surface area is 147 Å². The van der Waals surface area contributed by atoms with Gasteiger partial charge in [-0.1, -0.05) is 47.6 Å². The molecule has 1 saturated heterocycles. The van der Waals surface area contributed by atoms with Crippen molar-refractivity contribution in [1.82, 2.24) is 5.16 Å². The van der Waals surface area contributed by atoms with Crippen LogP contribution >= 0.6 is 0 Å². The molecule has 2 heterocycles. The van der Waals surface area contributed by atoms with Crippen molar-refractivity contribution < 1.29 is 14.5 Å². The molecule has 1 fully saturated rings. The van der Waals surface area contributed by atoms with E-state index in [1.165, 1.54) is 4.90 Å². The molecule has 1 aliphatic heterocycles. The van der Waals surface area contributed by atoms with E-state index in [-0.39, 0.29) is 0 Å². The lowest BCUT2D eigenvalue weighted by Crippen LogP contribution is -3.13. The van der Waals surface area contributed by atoms with Crippen LogP contribution in [0.2, 0.25) is 0 Å². The highest BCUT2D eigenvalue weighted by atomic mass is 16.5. The zero-order valence-electron chi connectivity index (χ0n) is 14.1.